The van der Waals surface area contributed by atoms with Gasteiger partial charge < -0.3 is 10.1 Å². The summed E-state index contributed by atoms with van der Waals surface area (Å²) in [6, 6.07) is 16.8. The van der Waals surface area contributed by atoms with Crippen molar-refractivity contribution in [3.05, 3.63) is 54.1 Å². The first-order valence-electron chi connectivity index (χ1n) is 6.27. The van der Waals surface area contributed by atoms with Crippen molar-refractivity contribution in [3.63, 3.8) is 0 Å². The fourth-order valence-corrected chi connectivity index (χ4v) is 1.87. The first-order chi connectivity index (χ1) is 8.83. The van der Waals surface area contributed by atoms with Crippen LogP contribution < -0.4 is 10.1 Å². The summed E-state index contributed by atoms with van der Waals surface area (Å²) >= 11 is 0. The minimum Gasteiger partial charge on any atom is -0.497 e. The molecule has 0 aliphatic heterocycles. The first kappa shape index (κ1) is 12.7. The van der Waals surface area contributed by atoms with Crippen LogP contribution in [0.1, 0.15) is 12.5 Å². The summed E-state index contributed by atoms with van der Waals surface area (Å²) in [4.78, 5) is 0. The van der Waals surface area contributed by atoms with Gasteiger partial charge >= 0.3 is 0 Å². The van der Waals surface area contributed by atoms with E-state index >= 15 is 0 Å². The van der Waals surface area contributed by atoms with Gasteiger partial charge in [-0.25, -0.2) is 0 Å². The van der Waals surface area contributed by atoms with Crippen LogP contribution in [0, 0.1) is 0 Å². The highest BCUT2D eigenvalue weighted by Gasteiger charge is 1.98. The molecule has 0 amide bonds. The van der Waals surface area contributed by atoms with Gasteiger partial charge in [0.15, 0.2) is 0 Å². The Morgan fingerprint density at radius 1 is 0.889 bits per heavy atom. The lowest BCUT2D eigenvalue weighted by Gasteiger charge is -2.06. The molecule has 0 heterocycles. The third-order valence-corrected chi connectivity index (χ3v) is 2.96. The number of methoxy groups -OCH3 is 1. The highest BCUT2D eigenvalue weighted by Crippen LogP contribution is 2.22. The molecular formula is C16H19NO. The van der Waals surface area contributed by atoms with E-state index < -0.39 is 0 Å². The van der Waals surface area contributed by atoms with Crippen LogP contribution in [0.3, 0.4) is 0 Å². The van der Waals surface area contributed by atoms with Crippen molar-refractivity contribution in [2.75, 3.05) is 13.7 Å². The molecule has 2 rings (SSSR count). The van der Waals surface area contributed by atoms with Crippen LogP contribution in [0.15, 0.2) is 48.5 Å². The number of benzene rings is 2. The molecule has 0 radical (unpaired) electrons. The molecule has 0 aliphatic rings. The van der Waals surface area contributed by atoms with E-state index in [0.717, 1.165) is 18.8 Å². The third kappa shape index (κ3) is 3.11. The first-order valence-corrected chi connectivity index (χ1v) is 6.27. The molecule has 18 heavy (non-hydrogen) atoms. The molecule has 0 bridgehead atoms. The zero-order valence-electron chi connectivity index (χ0n) is 10.9. The predicted molar refractivity (Wildman–Crippen MR) is 75.8 cm³/mol. The van der Waals surface area contributed by atoms with E-state index in [2.05, 4.69) is 48.6 Å². The second-order valence-corrected chi connectivity index (χ2v) is 4.21. The molecule has 1 N–H and O–H groups in total. The molecule has 0 unspecified atom stereocenters. The van der Waals surface area contributed by atoms with Gasteiger partial charge in [-0.3, -0.25) is 0 Å². The van der Waals surface area contributed by atoms with Crippen molar-refractivity contribution >= 4 is 0 Å². The Morgan fingerprint density at radius 3 is 1.94 bits per heavy atom. The summed E-state index contributed by atoms with van der Waals surface area (Å²) in [5.41, 5.74) is 3.76. The summed E-state index contributed by atoms with van der Waals surface area (Å²) in [6.07, 6.45) is 0. The Hall–Kier alpha value is -1.80. The van der Waals surface area contributed by atoms with Crippen molar-refractivity contribution in [1.82, 2.24) is 5.32 Å². The second kappa shape index (κ2) is 6.22. The monoisotopic (exact) mass is 241 g/mol. The maximum absolute atomic E-state index is 5.16. The van der Waals surface area contributed by atoms with Crippen LogP contribution in [0.25, 0.3) is 11.1 Å². The quantitative estimate of drug-likeness (QED) is 0.865. The minimum atomic E-state index is 0.891. The molecule has 0 atom stereocenters. The predicted octanol–water partition coefficient (Wildman–Crippen LogP) is 3.47. The lowest BCUT2D eigenvalue weighted by Crippen LogP contribution is -2.11. The Balaban J connectivity index is 2.12. The van der Waals surface area contributed by atoms with E-state index in [0.29, 0.717) is 0 Å². The average Bonchev–Trinajstić information content (AvgIpc) is 2.46. The maximum atomic E-state index is 5.16. The van der Waals surface area contributed by atoms with Crippen LogP contribution in [0.2, 0.25) is 0 Å². The number of nitrogens with one attached hydrogen (secondary N) is 1. The van der Waals surface area contributed by atoms with Crippen LogP contribution in [-0.4, -0.2) is 13.7 Å². The summed E-state index contributed by atoms with van der Waals surface area (Å²) in [5.74, 6) is 0.891. The molecule has 0 aliphatic carbocycles. The fourth-order valence-electron chi connectivity index (χ4n) is 1.87. The Morgan fingerprint density at radius 2 is 1.44 bits per heavy atom. The van der Waals surface area contributed by atoms with Gasteiger partial charge in [-0.15, -0.1) is 0 Å². The molecular weight excluding hydrogens is 222 g/mol. The molecule has 2 aromatic rings. The van der Waals surface area contributed by atoms with Crippen molar-refractivity contribution in [2.45, 2.75) is 13.5 Å². The molecule has 2 aromatic carbocycles. The van der Waals surface area contributed by atoms with Crippen LogP contribution in [-0.2, 0) is 6.54 Å². The highest BCUT2D eigenvalue weighted by molar-refractivity contribution is 5.64. The molecule has 2 heteroatoms. The van der Waals surface area contributed by atoms with Crippen LogP contribution in [0.5, 0.6) is 5.75 Å². The van der Waals surface area contributed by atoms with E-state index in [9.17, 15) is 0 Å². The van der Waals surface area contributed by atoms with Gasteiger partial charge in [-0.2, -0.15) is 0 Å². The Labute approximate surface area is 109 Å². The summed E-state index contributed by atoms with van der Waals surface area (Å²) < 4.78 is 5.16. The number of hydrogen-bond acceptors (Lipinski definition) is 2. The van der Waals surface area contributed by atoms with Crippen LogP contribution >= 0.6 is 0 Å². The zero-order valence-corrected chi connectivity index (χ0v) is 10.9. The van der Waals surface area contributed by atoms with Crippen LogP contribution in [0.4, 0.5) is 0 Å². The molecule has 2 nitrogen and oxygen atoms in total. The van der Waals surface area contributed by atoms with Crippen molar-refractivity contribution in [2.24, 2.45) is 0 Å². The van der Waals surface area contributed by atoms with Gasteiger partial charge in [0.2, 0.25) is 0 Å². The van der Waals surface area contributed by atoms with Gasteiger partial charge in [-0.1, -0.05) is 43.3 Å². The fraction of sp³-hybridized carbons (Fsp3) is 0.250. The van der Waals surface area contributed by atoms with E-state index in [1.807, 2.05) is 12.1 Å². The van der Waals surface area contributed by atoms with Gasteiger partial charge in [0.1, 0.15) is 5.75 Å². The van der Waals surface area contributed by atoms with Gasteiger partial charge in [0.25, 0.3) is 0 Å². The van der Waals surface area contributed by atoms with Crippen molar-refractivity contribution in [1.29, 1.82) is 0 Å². The SMILES string of the molecule is CCNCc1ccc(-c2ccc(OC)cc2)cc1. The standard InChI is InChI=1S/C16H19NO/c1-3-17-12-13-4-6-14(7-5-13)15-8-10-16(18-2)11-9-15/h4-11,17H,3,12H2,1-2H3. The molecule has 0 saturated carbocycles. The molecule has 0 saturated heterocycles. The third-order valence-electron chi connectivity index (χ3n) is 2.96. The number of ether oxygens (including phenoxy) is 1. The summed E-state index contributed by atoms with van der Waals surface area (Å²) in [6.45, 7) is 4.05. The summed E-state index contributed by atoms with van der Waals surface area (Å²) in [5, 5.41) is 3.32. The normalized spacial score (nSPS) is 10.3. The van der Waals surface area contributed by atoms with E-state index in [-0.39, 0.29) is 0 Å². The Kier molecular flexibility index (Phi) is 4.37. The molecule has 94 valence electrons. The molecule has 0 spiro atoms. The van der Waals surface area contributed by atoms with Gasteiger partial charge in [0.05, 0.1) is 7.11 Å². The van der Waals surface area contributed by atoms with E-state index in [1.165, 1.54) is 16.7 Å². The lowest BCUT2D eigenvalue weighted by molar-refractivity contribution is 0.415. The van der Waals surface area contributed by atoms with Gasteiger partial charge in [-0.05, 0) is 35.4 Å². The van der Waals surface area contributed by atoms with Crippen molar-refractivity contribution in [3.8, 4) is 16.9 Å². The van der Waals surface area contributed by atoms with Gasteiger partial charge in [0, 0.05) is 6.54 Å². The number of rotatable bonds is 5. The molecule has 0 aromatic heterocycles. The second-order valence-electron chi connectivity index (χ2n) is 4.21. The Bertz CT molecular complexity index is 473. The molecule has 0 fully saturated rings. The summed E-state index contributed by atoms with van der Waals surface area (Å²) in [7, 11) is 1.69. The van der Waals surface area contributed by atoms with E-state index in [1.54, 1.807) is 7.11 Å². The lowest BCUT2D eigenvalue weighted by atomic mass is 10.0. The zero-order chi connectivity index (χ0) is 12.8. The maximum Gasteiger partial charge on any atom is 0.118 e. The topological polar surface area (TPSA) is 21.3 Å². The van der Waals surface area contributed by atoms with Crippen molar-refractivity contribution < 1.29 is 4.74 Å². The average molecular weight is 241 g/mol. The minimum absolute atomic E-state index is 0.891. The smallest absolute Gasteiger partial charge is 0.118 e. The highest BCUT2D eigenvalue weighted by atomic mass is 16.5. The van der Waals surface area contributed by atoms with E-state index in [4.69, 9.17) is 4.74 Å². The number of hydrogen-bond donors (Lipinski definition) is 1. The largest absolute Gasteiger partial charge is 0.497 e.